The molecule has 0 unspecified atom stereocenters. The van der Waals surface area contributed by atoms with E-state index < -0.39 is 5.97 Å². The molecule has 0 aliphatic carbocycles. The summed E-state index contributed by atoms with van der Waals surface area (Å²) in [5.41, 5.74) is 2.62. The van der Waals surface area contributed by atoms with E-state index in [-0.39, 0.29) is 5.69 Å². The molecule has 3 rings (SSSR count). The van der Waals surface area contributed by atoms with E-state index in [1.165, 1.54) is 10.6 Å². The Balaban J connectivity index is 2.24. The maximum atomic E-state index is 11.4. The minimum Gasteiger partial charge on any atom is -0.477 e. The van der Waals surface area contributed by atoms with Crippen LogP contribution in [-0.4, -0.2) is 30.7 Å². The fourth-order valence-corrected chi connectivity index (χ4v) is 2.08. The van der Waals surface area contributed by atoms with Crippen LogP contribution < -0.4 is 0 Å². The fraction of sp³-hybridized carbons (Fsp3) is 0.200. The molecule has 1 aromatic carbocycles. The largest absolute Gasteiger partial charge is 0.477 e. The molecule has 3 aromatic rings. The van der Waals surface area contributed by atoms with E-state index in [0.717, 1.165) is 11.1 Å². The molecule has 0 aliphatic heterocycles. The van der Waals surface area contributed by atoms with Gasteiger partial charge < -0.3 is 5.11 Å². The summed E-state index contributed by atoms with van der Waals surface area (Å²) >= 11 is 0. The molecule has 0 saturated carbocycles. The number of hydrogen-bond acceptors (Lipinski definition) is 4. The van der Waals surface area contributed by atoms with E-state index in [9.17, 15) is 9.90 Å². The Hall–Kier alpha value is -2.76. The molecule has 0 radical (unpaired) electrons. The second-order valence-electron chi connectivity index (χ2n) is 4.79. The first-order valence-corrected chi connectivity index (χ1v) is 6.65. The SMILES string of the molecule is CCc1nc2nc(-c3ccc(C)cc3)cc(C(=O)O)n2n1. The molecule has 6 heteroatoms. The fourth-order valence-electron chi connectivity index (χ4n) is 2.08. The number of carboxylic acids is 1. The molecule has 6 nitrogen and oxygen atoms in total. The zero-order valence-corrected chi connectivity index (χ0v) is 11.7. The lowest BCUT2D eigenvalue weighted by Gasteiger charge is -2.04. The monoisotopic (exact) mass is 282 g/mol. The van der Waals surface area contributed by atoms with E-state index in [1.807, 2.05) is 38.1 Å². The Morgan fingerprint density at radius 1 is 1.24 bits per heavy atom. The average molecular weight is 282 g/mol. The molecule has 0 spiro atoms. The van der Waals surface area contributed by atoms with Crippen LogP contribution in [0.3, 0.4) is 0 Å². The molecule has 0 fully saturated rings. The van der Waals surface area contributed by atoms with E-state index in [1.54, 1.807) is 0 Å². The van der Waals surface area contributed by atoms with Gasteiger partial charge in [0.2, 0.25) is 0 Å². The topological polar surface area (TPSA) is 80.4 Å². The standard InChI is InChI=1S/C15H14N4O2/c1-3-13-17-15-16-11(10-6-4-9(2)5-7-10)8-12(14(20)21)19(15)18-13/h4-8H,3H2,1-2H3,(H,20,21). The lowest BCUT2D eigenvalue weighted by atomic mass is 10.1. The number of benzene rings is 1. The molecule has 106 valence electrons. The predicted molar refractivity (Wildman–Crippen MR) is 77.3 cm³/mol. The molecule has 0 atom stereocenters. The van der Waals surface area contributed by atoms with Crippen LogP contribution in [0.4, 0.5) is 0 Å². The van der Waals surface area contributed by atoms with Crippen LogP contribution in [0.5, 0.6) is 0 Å². The molecule has 21 heavy (non-hydrogen) atoms. The maximum absolute atomic E-state index is 11.4. The normalized spacial score (nSPS) is 11.0. The minimum absolute atomic E-state index is 0.0581. The number of aromatic carboxylic acids is 1. The van der Waals surface area contributed by atoms with Gasteiger partial charge in [-0.1, -0.05) is 36.8 Å². The highest BCUT2D eigenvalue weighted by Crippen LogP contribution is 2.20. The van der Waals surface area contributed by atoms with Gasteiger partial charge in [-0.25, -0.2) is 9.78 Å². The molecule has 1 N–H and O–H groups in total. The summed E-state index contributed by atoms with van der Waals surface area (Å²) in [4.78, 5) is 20.1. The van der Waals surface area contributed by atoms with Gasteiger partial charge in [-0.05, 0) is 13.0 Å². The first-order valence-electron chi connectivity index (χ1n) is 6.65. The Morgan fingerprint density at radius 2 is 1.95 bits per heavy atom. The second-order valence-corrected chi connectivity index (χ2v) is 4.79. The van der Waals surface area contributed by atoms with Gasteiger partial charge in [-0.15, -0.1) is 5.10 Å². The van der Waals surface area contributed by atoms with Crippen molar-refractivity contribution in [2.45, 2.75) is 20.3 Å². The molecule has 2 heterocycles. The molecule has 2 aromatic heterocycles. The summed E-state index contributed by atoms with van der Waals surface area (Å²) in [5, 5.41) is 13.5. The Kier molecular flexibility index (Phi) is 3.13. The highest BCUT2D eigenvalue weighted by molar-refractivity contribution is 5.87. The number of nitrogens with zero attached hydrogens (tertiary/aromatic N) is 4. The Bertz CT molecular complexity index is 822. The Labute approximate surface area is 121 Å². The van der Waals surface area contributed by atoms with Crippen LogP contribution >= 0.6 is 0 Å². The van der Waals surface area contributed by atoms with Crippen molar-refractivity contribution in [2.75, 3.05) is 0 Å². The van der Waals surface area contributed by atoms with Crippen LogP contribution in [0, 0.1) is 6.92 Å². The number of aromatic nitrogens is 4. The van der Waals surface area contributed by atoms with Crippen molar-refractivity contribution in [1.82, 2.24) is 19.6 Å². The number of carboxylic acid groups (broad SMARTS) is 1. The molecular formula is C15H14N4O2. The van der Waals surface area contributed by atoms with Gasteiger partial charge in [0.05, 0.1) is 5.69 Å². The Morgan fingerprint density at radius 3 is 2.57 bits per heavy atom. The third-order valence-corrected chi connectivity index (χ3v) is 3.24. The highest BCUT2D eigenvalue weighted by atomic mass is 16.4. The first-order chi connectivity index (χ1) is 10.1. The van der Waals surface area contributed by atoms with Gasteiger partial charge in [-0.2, -0.15) is 9.50 Å². The van der Waals surface area contributed by atoms with E-state index in [4.69, 9.17) is 0 Å². The number of fused-ring (bicyclic) bond motifs is 1. The highest BCUT2D eigenvalue weighted by Gasteiger charge is 2.16. The first kappa shape index (κ1) is 13.2. The lowest BCUT2D eigenvalue weighted by Crippen LogP contribution is -2.08. The number of aryl methyl sites for hydroxylation is 2. The maximum Gasteiger partial charge on any atom is 0.354 e. The van der Waals surface area contributed by atoms with Crippen molar-refractivity contribution >= 4 is 11.7 Å². The van der Waals surface area contributed by atoms with Gasteiger partial charge in [-0.3, -0.25) is 0 Å². The zero-order chi connectivity index (χ0) is 15.0. The molecular weight excluding hydrogens is 268 g/mol. The minimum atomic E-state index is -1.05. The van der Waals surface area contributed by atoms with Crippen LogP contribution in [0.15, 0.2) is 30.3 Å². The molecule has 0 amide bonds. The van der Waals surface area contributed by atoms with Gasteiger partial charge in [0, 0.05) is 12.0 Å². The van der Waals surface area contributed by atoms with Crippen LogP contribution in [0.2, 0.25) is 0 Å². The van der Waals surface area contributed by atoms with Crippen molar-refractivity contribution in [2.24, 2.45) is 0 Å². The smallest absolute Gasteiger partial charge is 0.354 e. The lowest BCUT2D eigenvalue weighted by molar-refractivity contribution is 0.0687. The molecule has 0 saturated heterocycles. The number of rotatable bonds is 3. The zero-order valence-electron chi connectivity index (χ0n) is 11.7. The number of carbonyl (C=O) groups is 1. The average Bonchev–Trinajstić information content (AvgIpc) is 2.89. The quantitative estimate of drug-likeness (QED) is 0.797. The van der Waals surface area contributed by atoms with Gasteiger partial charge in [0.25, 0.3) is 5.78 Å². The summed E-state index contributed by atoms with van der Waals surface area (Å²) in [7, 11) is 0. The van der Waals surface area contributed by atoms with Crippen LogP contribution in [-0.2, 0) is 6.42 Å². The van der Waals surface area contributed by atoms with E-state index in [0.29, 0.717) is 23.7 Å². The molecule has 0 bridgehead atoms. The summed E-state index contributed by atoms with van der Waals surface area (Å²) < 4.78 is 1.28. The van der Waals surface area contributed by atoms with E-state index >= 15 is 0 Å². The third kappa shape index (κ3) is 2.35. The van der Waals surface area contributed by atoms with Crippen molar-refractivity contribution in [3.8, 4) is 11.3 Å². The summed E-state index contributed by atoms with van der Waals surface area (Å²) in [6.45, 7) is 3.91. The summed E-state index contributed by atoms with van der Waals surface area (Å²) in [6, 6.07) is 9.27. The van der Waals surface area contributed by atoms with Gasteiger partial charge in [0.1, 0.15) is 0 Å². The van der Waals surface area contributed by atoms with Crippen LogP contribution in [0.25, 0.3) is 17.0 Å². The molecule has 0 aliphatic rings. The van der Waals surface area contributed by atoms with Gasteiger partial charge in [0.15, 0.2) is 11.5 Å². The summed E-state index contributed by atoms with van der Waals surface area (Å²) in [6.07, 6.45) is 0.627. The van der Waals surface area contributed by atoms with Gasteiger partial charge >= 0.3 is 5.97 Å². The number of hydrogen-bond donors (Lipinski definition) is 1. The van der Waals surface area contributed by atoms with E-state index in [2.05, 4.69) is 15.1 Å². The third-order valence-electron chi connectivity index (χ3n) is 3.24. The predicted octanol–water partition coefficient (Wildman–Crippen LogP) is 2.36. The summed E-state index contributed by atoms with van der Waals surface area (Å²) in [5.74, 6) is -0.170. The van der Waals surface area contributed by atoms with Crippen molar-refractivity contribution in [3.63, 3.8) is 0 Å². The second kappa shape index (κ2) is 4.97. The van der Waals surface area contributed by atoms with Crippen molar-refractivity contribution in [1.29, 1.82) is 0 Å². The van der Waals surface area contributed by atoms with Crippen molar-refractivity contribution in [3.05, 3.63) is 47.4 Å². The van der Waals surface area contributed by atoms with Crippen molar-refractivity contribution < 1.29 is 9.90 Å². The van der Waals surface area contributed by atoms with Crippen LogP contribution in [0.1, 0.15) is 28.8 Å².